The molecule has 1 aromatic rings. The molecule has 18 heavy (non-hydrogen) atoms. The lowest BCUT2D eigenvalue weighted by molar-refractivity contribution is 0.833. The highest BCUT2D eigenvalue weighted by atomic mass is 79.9. The predicted molar refractivity (Wildman–Crippen MR) is 84.3 cm³/mol. The fourth-order valence-electron chi connectivity index (χ4n) is 1.82. The molecule has 0 saturated heterocycles. The molecule has 0 unspecified atom stereocenters. The second-order valence-electron chi connectivity index (χ2n) is 4.98. The first-order chi connectivity index (χ1) is 8.36. The average Bonchev–Trinajstić information content (AvgIpc) is 2.29. The number of halogens is 2. The predicted octanol–water partition coefficient (Wildman–Crippen LogP) is 4.92. The minimum atomic E-state index is 0.255. The molecule has 2 nitrogen and oxygen atoms in total. The van der Waals surface area contributed by atoms with Crippen LogP contribution >= 0.6 is 27.5 Å². The van der Waals surface area contributed by atoms with Crippen LogP contribution in [0.5, 0.6) is 0 Å². The number of aliphatic imine (C=N–C) groups is 1. The topological polar surface area (TPSA) is 38.4 Å². The van der Waals surface area contributed by atoms with Gasteiger partial charge in [-0.2, -0.15) is 0 Å². The molecular formula is C14H20BrClN2. The smallest absolute Gasteiger partial charge is 0.115 e. The van der Waals surface area contributed by atoms with Crippen molar-refractivity contribution in [2.45, 2.75) is 39.5 Å². The Bertz CT molecular complexity index is 424. The van der Waals surface area contributed by atoms with E-state index in [0.717, 1.165) is 10.2 Å². The molecule has 0 fully saturated rings. The molecule has 0 aliphatic heterocycles. The van der Waals surface area contributed by atoms with Crippen LogP contribution in [0.2, 0.25) is 0 Å². The van der Waals surface area contributed by atoms with E-state index in [4.69, 9.17) is 17.3 Å². The summed E-state index contributed by atoms with van der Waals surface area (Å²) in [5.74, 6) is 1.50. The summed E-state index contributed by atoms with van der Waals surface area (Å²) in [6.07, 6.45) is 0. The molecule has 4 heteroatoms. The summed E-state index contributed by atoms with van der Waals surface area (Å²) in [5, 5.41) is 0. The zero-order valence-electron chi connectivity index (χ0n) is 11.3. The van der Waals surface area contributed by atoms with Gasteiger partial charge in [0.25, 0.3) is 0 Å². The number of nitrogens with two attached hydrogens (primary N) is 1. The van der Waals surface area contributed by atoms with Crippen molar-refractivity contribution in [1.29, 1.82) is 0 Å². The van der Waals surface area contributed by atoms with Gasteiger partial charge in [0.2, 0.25) is 0 Å². The molecule has 0 spiro atoms. The SMILES string of the molecule is CC(C)c1cc(Br)cc(C(C)C)c1N=C(N)CCl. The lowest BCUT2D eigenvalue weighted by Gasteiger charge is -2.17. The molecule has 0 aliphatic carbocycles. The Labute approximate surface area is 123 Å². The molecule has 0 saturated carbocycles. The van der Waals surface area contributed by atoms with Crippen molar-refractivity contribution in [3.63, 3.8) is 0 Å². The van der Waals surface area contributed by atoms with E-state index in [9.17, 15) is 0 Å². The summed E-state index contributed by atoms with van der Waals surface area (Å²) in [4.78, 5) is 4.50. The molecule has 0 bridgehead atoms. The zero-order chi connectivity index (χ0) is 13.9. The highest BCUT2D eigenvalue weighted by Crippen LogP contribution is 2.37. The standard InChI is InChI=1S/C14H20BrClN2/c1-8(2)11-5-10(15)6-12(9(3)4)14(11)18-13(17)7-16/h5-6,8-9H,7H2,1-4H3,(H2,17,18). The van der Waals surface area contributed by atoms with Crippen LogP contribution in [0.1, 0.15) is 50.7 Å². The number of hydrogen-bond donors (Lipinski definition) is 1. The Morgan fingerprint density at radius 2 is 1.67 bits per heavy atom. The maximum absolute atomic E-state index is 5.79. The van der Waals surface area contributed by atoms with Crippen LogP contribution in [0, 0.1) is 0 Å². The third-order valence-electron chi connectivity index (χ3n) is 2.77. The largest absolute Gasteiger partial charge is 0.386 e. The molecule has 0 aliphatic rings. The lowest BCUT2D eigenvalue weighted by Crippen LogP contribution is -2.13. The van der Waals surface area contributed by atoms with Gasteiger partial charge in [-0.05, 0) is 35.1 Å². The lowest BCUT2D eigenvalue weighted by atomic mass is 9.93. The van der Waals surface area contributed by atoms with E-state index in [1.807, 2.05) is 0 Å². The number of amidine groups is 1. The van der Waals surface area contributed by atoms with Gasteiger partial charge in [0.1, 0.15) is 5.84 Å². The van der Waals surface area contributed by atoms with E-state index in [2.05, 4.69) is 60.8 Å². The van der Waals surface area contributed by atoms with Crippen LogP contribution in [0.25, 0.3) is 0 Å². The van der Waals surface area contributed by atoms with Crippen LogP contribution in [-0.2, 0) is 0 Å². The van der Waals surface area contributed by atoms with Crippen molar-refractivity contribution in [2.24, 2.45) is 10.7 Å². The number of alkyl halides is 1. The summed E-state index contributed by atoms with van der Waals surface area (Å²) in [7, 11) is 0. The molecule has 2 N–H and O–H groups in total. The monoisotopic (exact) mass is 330 g/mol. The molecule has 0 heterocycles. The molecule has 1 aromatic carbocycles. The summed E-state index contributed by atoms with van der Waals surface area (Å²) in [6, 6.07) is 4.22. The van der Waals surface area contributed by atoms with Crippen LogP contribution < -0.4 is 5.73 Å². The highest BCUT2D eigenvalue weighted by Gasteiger charge is 2.15. The van der Waals surface area contributed by atoms with Crippen molar-refractivity contribution >= 4 is 39.1 Å². The van der Waals surface area contributed by atoms with E-state index in [1.54, 1.807) is 0 Å². The van der Waals surface area contributed by atoms with Gasteiger partial charge in [-0.25, -0.2) is 4.99 Å². The van der Waals surface area contributed by atoms with Gasteiger partial charge in [-0.3, -0.25) is 0 Å². The fourth-order valence-corrected chi connectivity index (χ4v) is 2.38. The van der Waals surface area contributed by atoms with Gasteiger partial charge in [-0.1, -0.05) is 43.6 Å². The number of rotatable bonds is 4. The van der Waals surface area contributed by atoms with Crippen LogP contribution in [0.15, 0.2) is 21.6 Å². The first kappa shape index (κ1) is 15.5. The quantitative estimate of drug-likeness (QED) is 0.474. The molecular weight excluding hydrogens is 312 g/mol. The Balaban J connectivity index is 3.51. The third-order valence-corrected chi connectivity index (χ3v) is 3.50. The molecule has 0 atom stereocenters. The van der Waals surface area contributed by atoms with Crippen LogP contribution in [0.3, 0.4) is 0 Å². The van der Waals surface area contributed by atoms with Gasteiger partial charge in [-0.15, -0.1) is 11.6 Å². The Hall–Kier alpha value is -0.540. The van der Waals surface area contributed by atoms with Gasteiger partial charge in [0.05, 0.1) is 11.6 Å². The van der Waals surface area contributed by atoms with Crippen molar-refractivity contribution in [3.05, 3.63) is 27.7 Å². The second kappa shape index (κ2) is 6.58. The van der Waals surface area contributed by atoms with Crippen LogP contribution in [0.4, 0.5) is 5.69 Å². The first-order valence-electron chi connectivity index (χ1n) is 6.09. The Kier molecular flexibility index (Phi) is 5.67. The summed E-state index contributed by atoms with van der Waals surface area (Å²) < 4.78 is 1.08. The Morgan fingerprint density at radius 1 is 1.22 bits per heavy atom. The van der Waals surface area contributed by atoms with E-state index in [0.29, 0.717) is 17.7 Å². The van der Waals surface area contributed by atoms with Crippen LogP contribution in [-0.4, -0.2) is 11.7 Å². The zero-order valence-corrected chi connectivity index (χ0v) is 13.6. The van der Waals surface area contributed by atoms with Crippen molar-refractivity contribution in [3.8, 4) is 0 Å². The number of nitrogens with zero attached hydrogens (tertiary/aromatic N) is 1. The maximum atomic E-state index is 5.79. The first-order valence-corrected chi connectivity index (χ1v) is 7.41. The van der Waals surface area contributed by atoms with E-state index >= 15 is 0 Å². The number of hydrogen-bond acceptors (Lipinski definition) is 1. The fraction of sp³-hybridized carbons (Fsp3) is 0.500. The summed E-state index contributed by atoms with van der Waals surface area (Å²) in [5.41, 5.74) is 9.15. The van der Waals surface area contributed by atoms with Crippen molar-refractivity contribution in [1.82, 2.24) is 0 Å². The van der Waals surface area contributed by atoms with E-state index < -0.39 is 0 Å². The Morgan fingerprint density at radius 3 is 2.00 bits per heavy atom. The number of benzene rings is 1. The minimum absolute atomic E-state index is 0.255. The molecule has 0 radical (unpaired) electrons. The third kappa shape index (κ3) is 3.72. The maximum Gasteiger partial charge on any atom is 0.115 e. The summed E-state index contributed by atoms with van der Waals surface area (Å²) >= 11 is 9.29. The van der Waals surface area contributed by atoms with Crippen molar-refractivity contribution < 1.29 is 0 Å². The van der Waals surface area contributed by atoms with E-state index in [-0.39, 0.29) is 5.88 Å². The van der Waals surface area contributed by atoms with E-state index in [1.165, 1.54) is 11.1 Å². The van der Waals surface area contributed by atoms with Gasteiger partial charge in [0.15, 0.2) is 0 Å². The van der Waals surface area contributed by atoms with Gasteiger partial charge >= 0.3 is 0 Å². The summed E-state index contributed by atoms with van der Waals surface area (Å²) in [6.45, 7) is 8.62. The molecule has 1 rings (SSSR count). The minimum Gasteiger partial charge on any atom is -0.386 e. The van der Waals surface area contributed by atoms with Crippen molar-refractivity contribution in [2.75, 3.05) is 5.88 Å². The average molecular weight is 332 g/mol. The highest BCUT2D eigenvalue weighted by molar-refractivity contribution is 9.10. The molecule has 0 amide bonds. The normalized spacial score (nSPS) is 12.6. The van der Waals surface area contributed by atoms with Gasteiger partial charge in [0, 0.05) is 4.47 Å². The molecule has 0 aromatic heterocycles. The molecule has 100 valence electrons. The second-order valence-corrected chi connectivity index (χ2v) is 6.16. The van der Waals surface area contributed by atoms with Gasteiger partial charge < -0.3 is 5.73 Å².